The van der Waals surface area contributed by atoms with Gasteiger partial charge < -0.3 is 29.0 Å². The fourth-order valence-corrected chi connectivity index (χ4v) is 5.65. The number of morpholine rings is 1. The van der Waals surface area contributed by atoms with Gasteiger partial charge >= 0.3 is 0 Å². The number of ketones is 1. The second-order valence-corrected chi connectivity index (χ2v) is 10.7. The Hall–Kier alpha value is -4.34. The molecule has 0 bridgehead atoms. The van der Waals surface area contributed by atoms with E-state index in [1.807, 2.05) is 43.3 Å². The van der Waals surface area contributed by atoms with Gasteiger partial charge in [-0.05, 0) is 60.4 Å². The van der Waals surface area contributed by atoms with E-state index in [4.69, 9.17) is 18.9 Å². The molecule has 1 N–H and O–H groups in total. The molecule has 1 amide bonds. The summed E-state index contributed by atoms with van der Waals surface area (Å²) in [5, 5.41) is 11.7. The van der Waals surface area contributed by atoms with Crippen LogP contribution in [0, 0.1) is 6.92 Å². The van der Waals surface area contributed by atoms with Crippen molar-refractivity contribution in [3.63, 3.8) is 0 Å². The van der Waals surface area contributed by atoms with E-state index in [1.165, 1.54) is 7.11 Å². The number of hydrogen-bond acceptors (Lipinski definition) is 8. The predicted octanol–water partition coefficient (Wildman–Crippen LogP) is 4.74. The Labute approximate surface area is 252 Å². The fourth-order valence-electron chi connectivity index (χ4n) is 5.65. The van der Waals surface area contributed by atoms with Crippen LogP contribution < -0.4 is 14.2 Å². The zero-order valence-corrected chi connectivity index (χ0v) is 24.9. The Morgan fingerprint density at radius 1 is 0.930 bits per heavy atom. The van der Waals surface area contributed by atoms with Crippen LogP contribution in [0.5, 0.6) is 17.2 Å². The molecule has 226 valence electrons. The summed E-state index contributed by atoms with van der Waals surface area (Å²) in [6.45, 7) is 6.41. The monoisotopic (exact) mass is 586 g/mol. The number of nitrogens with zero attached hydrogens (tertiary/aromatic N) is 2. The third-order valence-corrected chi connectivity index (χ3v) is 7.94. The number of Topliss-reactive ketones (excluding diaryl/α,β-unsaturated/α-hetero) is 1. The molecule has 3 aromatic rings. The van der Waals surface area contributed by atoms with Gasteiger partial charge in [-0.1, -0.05) is 36.4 Å². The molecule has 2 aliphatic heterocycles. The molecular formula is C34H38N2O7. The van der Waals surface area contributed by atoms with Gasteiger partial charge in [-0.2, -0.15) is 0 Å². The summed E-state index contributed by atoms with van der Waals surface area (Å²) >= 11 is 0. The van der Waals surface area contributed by atoms with E-state index in [1.54, 1.807) is 42.3 Å². The van der Waals surface area contributed by atoms with Gasteiger partial charge in [0.1, 0.15) is 18.1 Å². The summed E-state index contributed by atoms with van der Waals surface area (Å²) in [4.78, 5) is 30.9. The molecule has 1 atom stereocenters. The minimum Gasteiger partial charge on any atom is -0.507 e. The van der Waals surface area contributed by atoms with E-state index >= 15 is 0 Å². The highest BCUT2D eigenvalue weighted by Gasteiger charge is 2.46. The highest BCUT2D eigenvalue weighted by atomic mass is 16.5. The minimum absolute atomic E-state index is 0.0460. The van der Waals surface area contributed by atoms with Crippen LogP contribution in [-0.2, 0) is 20.9 Å². The summed E-state index contributed by atoms with van der Waals surface area (Å²) < 4.78 is 22.3. The van der Waals surface area contributed by atoms with Crippen LogP contribution >= 0.6 is 0 Å². The van der Waals surface area contributed by atoms with Crippen LogP contribution in [0.25, 0.3) is 5.76 Å². The lowest BCUT2D eigenvalue weighted by Gasteiger charge is -2.29. The summed E-state index contributed by atoms with van der Waals surface area (Å²) in [5.41, 5.74) is 2.90. The zero-order chi connectivity index (χ0) is 30.3. The molecule has 9 nitrogen and oxygen atoms in total. The van der Waals surface area contributed by atoms with Crippen LogP contribution in [0.3, 0.4) is 0 Å². The Bertz CT molecular complexity index is 1480. The van der Waals surface area contributed by atoms with Gasteiger partial charge in [0.25, 0.3) is 11.7 Å². The van der Waals surface area contributed by atoms with Crippen molar-refractivity contribution in [2.75, 3.05) is 53.6 Å². The fraction of sp³-hybridized carbons (Fsp3) is 0.353. The average molecular weight is 587 g/mol. The molecule has 9 heteroatoms. The lowest BCUT2D eigenvalue weighted by atomic mass is 9.93. The minimum atomic E-state index is -0.794. The Balaban J connectivity index is 1.47. The van der Waals surface area contributed by atoms with Crippen molar-refractivity contribution in [2.45, 2.75) is 26.0 Å². The summed E-state index contributed by atoms with van der Waals surface area (Å²) in [6, 6.07) is 19.6. The summed E-state index contributed by atoms with van der Waals surface area (Å²) in [7, 11) is 3.08. The first-order valence-corrected chi connectivity index (χ1v) is 14.5. The second-order valence-electron chi connectivity index (χ2n) is 10.7. The standard InChI is InChI=1S/C34H38N2O7/c1-23-20-26(43-22-24-8-5-4-6-9-24)11-12-27(23)32(37)30-31(25-10-13-28(40-2)29(21-25)41-3)36(34(39)33(30)38)15-7-14-35-16-18-42-19-17-35/h4-6,8-13,20-21,31,37H,7,14-19,22H2,1-3H3/b32-30+/t31-/m1/s1. The van der Waals surface area contributed by atoms with Crippen LogP contribution in [0.2, 0.25) is 0 Å². The van der Waals surface area contributed by atoms with E-state index in [-0.39, 0.29) is 11.3 Å². The normalized spacial score (nSPS) is 18.6. The van der Waals surface area contributed by atoms with Crippen LogP contribution in [-0.4, -0.2) is 80.2 Å². The van der Waals surface area contributed by atoms with Crippen LogP contribution in [0.4, 0.5) is 0 Å². The maximum Gasteiger partial charge on any atom is 0.295 e. The smallest absolute Gasteiger partial charge is 0.295 e. The molecule has 0 saturated carbocycles. The van der Waals surface area contributed by atoms with Gasteiger partial charge in [-0.3, -0.25) is 14.5 Å². The number of rotatable bonds is 11. The van der Waals surface area contributed by atoms with E-state index < -0.39 is 17.7 Å². The highest BCUT2D eigenvalue weighted by molar-refractivity contribution is 6.46. The number of aliphatic hydroxyl groups is 1. The molecule has 5 rings (SSSR count). The average Bonchev–Trinajstić information content (AvgIpc) is 3.29. The lowest BCUT2D eigenvalue weighted by Crippen LogP contribution is -2.39. The third kappa shape index (κ3) is 6.68. The maximum absolute atomic E-state index is 13.6. The molecule has 0 aliphatic carbocycles. The van der Waals surface area contributed by atoms with Gasteiger partial charge in [0, 0.05) is 31.7 Å². The van der Waals surface area contributed by atoms with E-state index in [0.29, 0.717) is 66.7 Å². The van der Waals surface area contributed by atoms with Gasteiger partial charge in [-0.15, -0.1) is 0 Å². The first kappa shape index (κ1) is 30.1. The Morgan fingerprint density at radius 2 is 1.67 bits per heavy atom. The predicted molar refractivity (Wildman–Crippen MR) is 162 cm³/mol. The van der Waals surface area contributed by atoms with Crippen molar-refractivity contribution in [1.29, 1.82) is 0 Å². The SMILES string of the molecule is COc1ccc([C@@H]2/C(=C(\O)c3ccc(OCc4ccccc4)cc3C)C(=O)C(=O)N2CCCN2CCOCC2)cc1OC. The largest absolute Gasteiger partial charge is 0.507 e. The van der Waals surface area contributed by atoms with Crippen LogP contribution in [0.15, 0.2) is 72.3 Å². The second kappa shape index (κ2) is 13.8. The molecule has 2 saturated heterocycles. The van der Waals surface area contributed by atoms with Crippen molar-refractivity contribution in [3.05, 3.63) is 94.6 Å². The van der Waals surface area contributed by atoms with E-state index in [0.717, 1.165) is 25.2 Å². The molecule has 0 radical (unpaired) electrons. The number of likely N-dealkylation sites (tertiary alicyclic amines) is 1. The zero-order valence-electron chi connectivity index (χ0n) is 24.9. The van der Waals surface area contributed by atoms with Crippen molar-refractivity contribution >= 4 is 17.4 Å². The number of methoxy groups -OCH3 is 2. The van der Waals surface area contributed by atoms with E-state index in [9.17, 15) is 14.7 Å². The number of aliphatic hydroxyl groups excluding tert-OH is 1. The molecule has 43 heavy (non-hydrogen) atoms. The number of benzene rings is 3. The van der Waals surface area contributed by atoms with Gasteiger partial charge in [0.2, 0.25) is 0 Å². The molecule has 2 heterocycles. The first-order chi connectivity index (χ1) is 20.9. The summed E-state index contributed by atoms with van der Waals surface area (Å²) in [6.07, 6.45) is 0.670. The molecular weight excluding hydrogens is 548 g/mol. The Morgan fingerprint density at radius 3 is 2.37 bits per heavy atom. The highest BCUT2D eigenvalue weighted by Crippen LogP contribution is 2.42. The number of aryl methyl sites for hydroxylation is 1. The molecule has 0 unspecified atom stereocenters. The van der Waals surface area contributed by atoms with Gasteiger partial charge in [0.15, 0.2) is 11.5 Å². The van der Waals surface area contributed by atoms with Crippen molar-refractivity contribution < 1.29 is 33.6 Å². The Kier molecular flexibility index (Phi) is 9.64. The first-order valence-electron chi connectivity index (χ1n) is 14.5. The lowest BCUT2D eigenvalue weighted by molar-refractivity contribution is -0.140. The topological polar surface area (TPSA) is 97.8 Å². The molecule has 3 aromatic carbocycles. The number of amides is 1. The maximum atomic E-state index is 13.6. The molecule has 2 aliphatic rings. The number of carbonyl (C=O) groups excluding carboxylic acids is 2. The van der Waals surface area contributed by atoms with Gasteiger partial charge in [-0.25, -0.2) is 0 Å². The quantitative estimate of drug-likeness (QED) is 0.196. The van der Waals surface area contributed by atoms with Crippen molar-refractivity contribution in [2.24, 2.45) is 0 Å². The van der Waals surface area contributed by atoms with Crippen molar-refractivity contribution in [3.8, 4) is 17.2 Å². The molecule has 0 aromatic heterocycles. The molecule has 2 fully saturated rings. The molecule has 0 spiro atoms. The number of carbonyl (C=O) groups is 2. The van der Waals surface area contributed by atoms with Crippen molar-refractivity contribution in [1.82, 2.24) is 9.80 Å². The van der Waals surface area contributed by atoms with E-state index in [2.05, 4.69) is 4.90 Å². The van der Waals surface area contributed by atoms with Crippen LogP contribution in [0.1, 0.15) is 34.7 Å². The summed E-state index contributed by atoms with van der Waals surface area (Å²) in [5.74, 6) is 0.0579. The third-order valence-electron chi connectivity index (χ3n) is 7.94. The van der Waals surface area contributed by atoms with Gasteiger partial charge in [0.05, 0.1) is 39.0 Å². The number of hydrogen-bond donors (Lipinski definition) is 1. The number of ether oxygens (including phenoxy) is 4.